The normalized spacial score (nSPS) is 39.9. The first-order valence-corrected chi connectivity index (χ1v) is 5.15. The van der Waals surface area contributed by atoms with E-state index in [1.807, 2.05) is 0 Å². The van der Waals surface area contributed by atoms with Crippen LogP contribution in [0.2, 0.25) is 0 Å². The van der Waals surface area contributed by atoms with Gasteiger partial charge in [0, 0.05) is 20.2 Å². The van der Waals surface area contributed by atoms with Gasteiger partial charge in [0.25, 0.3) is 0 Å². The van der Waals surface area contributed by atoms with Crippen LogP contribution in [0.3, 0.4) is 0 Å². The van der Waals surface area contributed by atoms with Crippen molar-refractivity contribution < 1.29 is 29.9 Å². The average molecular weight is 237 g/mol. The summed E-state index contributed by atoms with van der Waals surface area (Å²) in [6, 6.07) is 0. The van der Waals surface area contributed by atoms with E-state index in [4.69, 9.17) is 9.47 Å². The summed E-state index contributed by atoms with van der Waals surface area (Å²) in [5.74, 6) is 0. The second-order valence-electron chi connectivity index (χ2n) is 3.73. The first kappa shape index (κ1) is 13.8. The molecule has 7 nitrogen and oxygen atoms in total. The van der Waals surface area contributed by atoms with Gasteiger partial charge in [0.2, 0.25) is 0 Å². The van der Waals surface area contributed by atoms with Gasteiger partial charge in [0.1, 0.15) is 24.4 Å². The van der Waals surface area contributed by atoms with E-state index < -0.39 is 30.7 Å². The smallest absolute Gasteiger partial charge is 0.184 e. The molecule has 7 heteroatoms. The quantitative estimate of drug-likeness (QED) is 0.324. The molecule has 0 radical (unpaired) electrons. The first-order valence-electron chi connectivity index (χ1n) is 5.15. The van der Waals surface area contributed by atoms with Crippen LogP contribution in [0.15, 0.2) is 0 Å². The molecule has 0 saturated carbocycles. The molecule has 96 valence electrons. The van der Waals surface area contributed by atoms with Crippen LogP contribution in [-0.4, -0.2) is 77.9 Å². The van der Waals surface area contributed by atoms with Crippen molar-refractivity contribution in [1.82, 2.24) is 5.32 Å². The van der Waals surface area contributed by atoms with Gasteiger partial charge in [-0.1, -0.05) is 0 Å². The van der Waals surface area contributed by atoms with Crippen LogP contribution in [0, 0.1) is 0 Å². The fourth-order valence-corrected chi connectivity index (χ4v) is 1.52. The maximum absolute atomic E-state index is 9.56. The average Bonchev–Trinajstić information content (AvgIpc) is 2.28. The Morgan fingerprint density at radius 2 is 1.81 bits per heavy atom. The second-order valence-corrected chi connectivity index (χ2v) is 3.73. The molecule has 1 aliphatic rings. The van der Waals surface area contributed by atoms with Gasteiger partial charge in [-0.3, -0.25) is 0 Å². The van der Waals surface area contributed by atoms with Crippen molar-refractivity contribution in [3.8, 4) is 0 Å². The lowest BCUT2D eigenvalue weighted by atomic mass is 9.99. The molecular formula is C9H19NO6. The molecule has 1 aliphatic heterocycles. The number of hydrogen-bond acceptors (Lipinski definition) is 7. The van der Waals surface area contributed by atoms with Crippen molar-refractivity contribution in [3.05, 3.63) is 0 Å². The van der Waals surface area contributed by atoms with Gasteiger partial charge >= 0.3 is 0 Å². The van der Waals surface area contributed by atoms with E-state index in [1.54, 1.807) is 7.11 Å². The zero-order valence-corrected chi connectivity index (χ0v) is 9.11. The minimum Gasteiger partial charge on any atom is -0.388 e. The van der Waals surface area contributed by atoms with Crippen molar-refractivity contribution in [2.75, 3.05) is 26.8 Å². The Balaban J connectivity index is 2.35. The number of aliphatic hydroxyl groups is 4. The molecule has 1 saturated heterocycles. The Morgan fingerprint density at radius 1 is 1.12 bits per heavy atom. The molecule has 16 heavy (non-hydrogen) atoms. The van der Waals surface area contributed by atoms with E-state index in [2.05, 4.69) is 5.32 Å². The summed E-state index contributed by atoms with van der Waals surface area (Å²) in [6.07, 6.45) is -6.35. The zero-order chi connectivity index (χ0) is 12.1. The molecule has 0 aromatic heterocycles. The van der Waals surface area contributed by atoms with Gasteiger partial charge in [-0.2, -0.15) is 0 Å². The minimum absolute atomic E-state index is 0.255. The van der Waals surface area contributed by atoms with Crippen molar-refractivity contribution in [2.45, 2.75) is 30.7 Å². The summed E-state index contributed by atoms with van der Waals surface area (Å²) < 4.78 is 9.77. The van der Waals surface area contributed by atoms with Gasteiger partial charge in [-0.05, 0) is 0 Å². The highest BCUT2D eigenvalue weighted by molar-refractivity contribution is 4.89. The zero-order valence-electron chi connectivity index (χ0n) is 9.11. The minimum atomic E-state index is -1.48. The van der Waals surface area contributed by atoms with Crippen LogP contribution >= 0.6 is 0 Å². The maximum atomic E-state index is 9.56. The topological polar surface area (TPSA) is 111 Å². The van der Waals surface area contributed by atoms with Gasteiger partial charge < -0.3 is 35.2 Å². The molecule has 0 aliphatic carbocycles. The highest BCUT2D eigenvalue weighted by Gasteiger charge is 2.42. The number of ether oxygens (including phenoxy) is 2. The molecule has 0 spiro atoms. The highest BCUT2D eigenvalue weighted by Crippen LogP contribution is 2.19. The van der Waals surface area contributed by atoms with Crippen LogP contribution in [0.5, 0.6) is 0 Å². The second kappa shape index (κ2) is 6.45. The Hall–Kier alpha value is -0.280. The Bertz CT molecular complexity index is 204. The lowest BCUT2D eigenvalue weighted by Gasteiger charge is -2.38. The van der Waals surface area contributed by atoms with Crippen LogP contribution in [-0.2, 0) is 9.47 Å². The summed E-state index contributed by atoms with van der Waals surface area (Å²) in [7, 11) is 1.57. The molecule has 1 fully saturated rings. The monoisotopic (exact) mass is 237 g/mol. The number of rotatable bonds is 5. The molecule has 0 aromatic rings. The lowest BCUT2D eigenvalue weighted by molar-refractivity contribution is -0.280. The van der Waals surface area contributed by atoms with E-state index in [0.29, 0.717) is 13.2 Å². The number of nitrogens with one attached hydrogen (secondary N) is 1. The van der Waals surface area contributed by atoms with E-state index in [-0.39, 0.29) is 6.54 Å². The SMILES string of the molecule is COCCNC[C@H]1O[C@H](O)[C@H](O)[C@@H](O)[C@@H]1O. The fourth-order valence-electron chi connectivity index (χ4n) is 1.52. The van der Waals surface area contributed by atoms with Gasteiger partial charge in [-0.15, -0.1) is 0 Å². The molecule has 0 amide bonds. The third-order valence-electron chi connectivity index (χ3n) is 2.52. The summed E-state index contributed by atoms with van der Waals surface area (Å²) in [5, 5.41) is 40.4. The summed E-state index contributed by atoms with van der Waals surface area (Å²) in [5.41, 5.74) is 0. The molecule has 0 bridgehead atoms. The van der Waals surface area contributed by atoms with E-state index in [1.165, 1.54) is 0 Å². The maximum Gasteiger partial charge on any atom is 0.184 e. The summed E-state index contributed by atoms with van der Waals surface area (Å²) in [4.78, 5) is 0. The van der Waals surface area contributed by atoms with Gasteiger partial charge in [-0.25, -0.2) is 0 Å². The van der Waals surface area contributed by atoms with Crippen molar-refractivity contribution in [2.24, 2.45) is 0 Å². The Kier molecular flexibility index (Phi) is 5.56. The number of methoxy groups -OCH3 is 1. The Labute approximate surface area is 93.6 Å². The lowest BCUT2D eigenvalue weighted by Crippen LogP contribution is -2.59. The van der Waals surface area contributed by atoms with Crippen LogP contribution in [0.4, 0.5) is 0 Å². The molecular weight excluding hydrogens is 218 g/mol. The molecule has 0 aromatic carbocycles. The van der Waals surface area contributed by atoms with Crippen LogP contribution in [0.25, 0.3) is 0 Å². The molecule has 1 heterocycles. The Morgan fingerprint density at radius 3 is 2.44 bits per heavy atom. The van der Waals surface area contributed by atoms with Gasteiger partial charge in [0.05, 0.1) is 6.61 Å². The summed E-state index contributed by atoms with van der Waals surface area (Å²) in [6.45, 7) is 1.33. The predicted octanol–water partition coefficient (Wildman–Crippen LogP) is -2.98. The predicted molar refractivity (Wildman–Crippen MR) is 53.6 cm³/mol. The van der Waals surface area contributed by atoms with Crippen LogP contribution in [0.1, 0.15) is 0 Å². The van der Waals surface area contributed by atoms with Crippen molar-refractivity contribution in [1.29, 1.82) is 0 Å². The van der Waals surface area contributed by atoms with Gasteiger partial charge in [0.15, 0.2) is 6.29 Å². The fraction of sp³-hybridized carbons (Fsp3) is 1.00. The molecule has 5 N–H and O–H groups in total. The van der Waals surface area contributed by atoms with Crippen LogP contribution < -0.4 is 5.32 Å². The first-order chi connectivity index (χ1) is 7.57. The third kappa shape index (κ3) is 3.36. The molecule has 5 atom stereocenters. The molecule has 0 unspecified atom stereocenters. The highest BCUT2D eigenvalue weighted by atomic mass is 16.6. The largest absolute Gasteiger partial charge is 0.388 e. The van der Waals surface area contributed by atoms with Crippen molar-refractivity contribution in [3.63, 3.8) is 0 Å². The standard InChI is InChI=1S/C9H19NO6/c1-15-3-2-10-4-5-6(11)7(12)8(13)9(14)16-5/h5-14H,2-4H2,1H3/t5-,6-,7+,8-,9+/m1/s1. The summed E-state index contributed by atoms with van der Waals surface area (Å²) >= 11 is 0. The van der Waals surface area contributed by atoms with E-state index >= 15 is 0 Å². The van der Waals surface area contributed by atoms with E-state index in [9.17, 15) is 20.4 Å². The number of hydrogen-bond donors (Lipinski definition) is 5. The van der Waals surface area contributed by atoms with Crippen molar-refractivity contribution >= 4 is 0 Å². The number of aliphatic hydroxyl groups excluding tert-OH is 4. The third-order valence-corrected chi connectivity index (χ3v) is 2.52. The van der Waals surface area contributed by atoms with E-state index in [0.717, 1.165) is 0 Å². The molecule has 1 rings (SSSR count).